The number of carbonyl (C=O) groups excluding carboxylic acids is 1. The molecule has 0 atom stereocenters. The molecule has 2 nitrogen and oxygen atoms in total. The van der Waals surface area contributed by atoms with Gasteiger partial charge in [0.25, 0.3) is 0 Å². The number of aliphatic imine (C=N–C) groups is 1. The molecular weight excluding hydrogens is 90.1 g/mol. The second kappa shape index (κ2) is 1.90. The van der Waals surface area contributed by atoms with Crippen molar-refractivity contribution in [2.45, 2.75) is 25.3 Å². The van der Waals surface area contributed by atoms with Crippen LogP contribution in [0.4, 0.5) is 0 Å². The zero-order chi connectivity index (χ0) is 5.11. The number of hydrogen-bond acceptors (Lipinski definition) is 2. The van der Waals surface area contributed by atoms with Crippen molar-refractivity contribution in [1.29, 1.82) is 0 Å². The lowest BCUT2D eigenvalue weighted by Crippen LogP contribution is -2.13. The van der Waals surface area contributed by atoms with Crippen molar-refractivity contribution in [3.63, 3.8) is 0 Å². The molecule has 0 heterocycles. The van der Waals surface area contributed by atoms with Gasteiger partial charge in [-0.25, -0.2) is 9.79 Å². The first-order valence-corrected chi connectivity index (χ1v) is 2.50. The van der Waals surface area contributed by atoms with Crippen LogP contribution in [0, 0.1) is 0 Å². The van der Waals surface area contributed by atoms with E-state index in [1.165, 1.54) is 6.42 Å². The minimum atomic E-state index is 0.331. The van der Waals surface area contributed by atoms with Gasteiger partial charge in [0.1, 0.15) is 0 Å². The van der Waals surface area contributed by atoms with Gasteiger partial charge in [0.05, 0.1) is 6.04 Å². The Morgan fingerprint density at radius 3 is 2.43 bits per heavy atom. The van der Waals surface area contributed by atoms with E-state index in [0.29, 0.717) is 6.04 Å². The first-order valence-electron chi connectivity index (χ1n) is 2.50. The van der Waals surface area contributed by atoms with Gasteiger partial charge in [-0.2, -0.15) is 0 Å². The Bertz CT molecular complexity index is 101. The van der Waals surface area contributed by atoms with Crippen LogP contribution in [0.3, 0.4) is 0 Å². The Morgan fingerprint density at radius 1 is 1.57 bits per heavy atom. The van der Waals surface area contributed by atoms with Crippen molar-refractivity contribution in [2.75, 3.05) is 0 Å². The van der Waals surface area contributed by atoms with E-state index in [2.05, 4.69) is 4.99 Å². The quantitative estimate of drug-likeness (QED) is 0.352. The molecule has 0 bridgehead atoms. The van der Waals surface area contributed by atoms with Gasteiger partial charge < -0.3 is 0 Å². The molecule has 0 radical (unpaired) electrons. The first kappa shape index (κ1) is 4.54. The summed E-state index contributed by atoms with van der Waals surface area (Å²) in [4.78, 5) is 13.0. The SMILES string of the molecule is O=C=NC1CCC1. The Kier molecular flexibility index (Phi) is 1.23. The second-order valence-electron chi connectivity index (χ2n) is 1.81. The maximum Gasteiger partial charge on any atom is 0.235 e. The highest BCUT2D eigenvalue weighted by Gasteiger charge is 2.14. The van der Waals surface area contributed by atoms with Gasteiger partial charge in [-0.3, -0.25) is 0 Å². The van der Waals surface area contributed by atoms with E-state index in [9.17, 15) is 4.79 Å². The summed E-state index contributed by atoms with van der Waals surface area (Å²) in [6.45, 7) is 0. The third-order valence-electron chi connectivity index (χ3n) is 1.31. The van der Waals surface area contributed by atoms with Gasteiger partial charge in [0.15, 0.2) is 0 Å². The van der Waals surface area contributed by atoms with Crippen molar-refractivity contribution in [3.8, 4) is 0 Å². The largest absolute Gasteiger partial charge is 0.235 e. The Balaban J connectivity index is 2.27. The van der Waals surface area contributed by atoms with E-state index in [-0.39, 0.29) is 0 Å². The molecule has 1 aliphatic carbocycles. The fraction of sp³-hybridized carbons (Fsp3) is 0.800. The maximum atomic E-state index is 9.52. The number of isocyanates is 1. The van der Waals surface area contributed by atoms with Crippen molar-refractivity contribution in [2.24, 2.45) is 4.99 Å². The molecule has 0 aromatic heterocycles. The summed E-state index contributed by atoms with van der Waals surface area (Å²) in [6.07, 6.45) is 4.96. The highest BCUT2D eigenvalue weighted by molar-refractivity contribution is 5.33. The van der Waals surface area contributed by atoms with E-state index in [4.69, 9.17) is 0 Å². The third-order valence-corrected chi connectivity index (χ3v) is 1.31. The molecular formula is C5H7NO. The average Bonchev–Trinajstić information content (AvgIpc) is 1.55. The molecule has 1 rings (SSSR count). The minimum Gasteiger partial charge on any atom is -0.211 e. The fourth-order valence-corrected chi connectivity index (χ4v) is 0.590. The second-order valence-corrected chi connectivity index (χ2v) is 1.81. The molecule has 0 unspecified atom stereocenters. The normalized spacial score (nSPS) is 20.0. The van der Waals surface area contributed by atoms with E-state index in [1.807, 2.05) is 0 Å². The van der Waals surface area contributed by atoms with Gasteiger partial charge in [0.2, 0.25) is 6.08 Å². The maximum absolute atomic E-state index is 9.52. The molecule has 0 aromatic rings. The van der Waals surface area contributed by atoms with Crippen LogP contribution in [-0.2, 0) is 4.79 Å². The van der Waals surface area contributed by atoms with Gasteiger partial charge in [0, 0.05) is 0 Å². The summed E-state index contributed by atoms with van der Waals surface area (Å²) < 4.78 is 0. The van der Waals surface area contributed by atoms with Crippen LogP contribution < -0.4 is 0 Å². The van der Waals surface area contributed by atoms with E-state index < -0.39 is 0 Å². The molecule has 1 aliphatic rings. The monoisotopic (exact) mass is 97.1 g/mol. The predicted octanol–water partition coefficient (Wildman–Crippen LogP) is 0.875. The molecule has 0 N–H and O–H groups in total. The number of nitrogens with zero attached hydrogens (tertiary/aromatic N) is 1. The van der Waals surface area contributed by atoms with E-state index in [0.717, 1.165) is 12.8 Å². The van der Waals surface area contributed by atoms with Crippen LogP contribution in [0.25, 0.3) is 0 Å². The van der Waals surface area contributed by atoms with E-state index in [1.54, 1.807) is 6.08 Å². The van der Waals surface area contributed by atoms with Crippen LogP contribution >= 0.6 is 0 Å². The van der Waals surface area contributed by atoms with Gasteiger partial charge in [-0.15, -0.1) is 0 Å². The highest BCUT2D eigenvalue weighted by Crippen LogP contribution is 2.20. The molecule has 2 heteroatoms. The molecule has 1 fully saturated rings. The summed E-state index contributed by atoms with van der Waals surface area (Å²) in [5.41, 5.74) is 0. The predicted molar refractivity (Wildman–Crippen MR) is 25.8 cm³/mol. The zero-order valence-electron chi connectivity index (χ0n) is 4.05. The standard InChI is InChI=1S/C5H7NO/c7-4-6-5-2-1-3-5/h5H,1-3H2. The summed E-state index contributed by atoms with van der Waals surface area (Å²) >= 11 is 0. The highest BCUT2D eigenvalue weighted by atomic mass is 16.1. The zero-order valence-corrected chi connectivity index (χ0v) is 4.05. The van der Waals surface area contributed by atoms with E-state index >= 15 is 0 Å². The number of rotatable bonds is 1. The lowest BCUT2D eigenvalue weighted by atomic mass is 9.94. The molecule has 0 aromatic carbocycles. The molecule has 0 amide bonds. The molecule has 38 valence electrons. The van der Waals surface area contributed by atoms with Crippen molar-refractivity contribution < 1.29 is 4.79 Å². The molecule has 7 heavy (non-hydrogen) atoms. The molecule has 1 saturated carbocycles. The Morgan fingerprint density at radius 2 is 2.29 bits per heavy atom. The minimum absolute atomic E-state index is 0.331. The first-order chi connectivity index (χ1) is 3.43. The topological polar surface area (TPSA) is 29.4 Å². The van der Waals surface area contributed by atoms with Crippen LogP contribution in [0.2, 0.25) is 0 Å². The lowest BCUT2D eigenvalue weighted by molar-refractivity contribution is 0.416. The lowest BCUT2D eigenvalue weighted by Gasteiger charge is -2.17. The van der Waals surface area contributed by atoms with Crippen LogP contribution in [-0.4, -0.2) is 12.1 Å². The van der Waals surface area contributed by atoms with Crippen molar-refractivity contribution >= 4 is 6.08 Å². The Labute approximate surface area is 42.3 Å². The number of hydrogen-bond donors (Lipinski definition) is 0. The summed E-state index contributed by atoms with van der Waals surface area (Å²) in [7, 11) is 0. The average molecular weight is 97.1 g/mol. The summed E-state index contributed by atoms with van der Waals surface area (Å²) in [5.74, 6) is 0. The van der Waals surface area contributed by atoms with Gasteiger partial charge >= 0.3 is 0 Å². The van der Waals surface area contributed by atoms with Crippen LogP contribution in [0.1, 0.15) is 19.3 Å². The van der Waals surface area contributed by atoms with Gasteiger partial charge in [-0.1, -0.05) is 0 Å². The molecule has 0 aliphatic heterocycles. The van der Waals surface area contributed by atoms with Crippen LogP contribution in [0.15, 0.2) is 4.99 Å². The fourth-order valence-electron chi connectivity index (χ4n) is 0.590. The molecule has 0 saturated heterocycles. The van der Waals surface area contributed by atoms with Crippen molar-refractivity contribution in [3.05, 3.63) is 0 Å². The summed E-state index contributed by atoms with van der Waals surface area (Å²) in [6, 6.07) is 0.331. The van der Waals surface area contributed by atoms with Gasteiger partial charge in [-0.05, 0) is 19.3 Å². The third kappa shape index (κ3) is 0.875. The van der Waals surface area contributed by atoms with Crippen molar-refractivity contribution in [1.82, 2.24) is 0 Å². The smallest absolute Gasteiger partial charge is 0.211 e. The van der Waals surface area contributed by atoms with Crippen LogP contribution in [0.5, 0.6) is 0 Å². The summed E-state index contributed by atoms with van der Waals surface area (Å²) in [5, 5.41) is 0. The molecule has 0 spiro atoms. The Hall–Kier alpha value is -0.620.